The fourth-order valence-corrected chi connectivity index (χ4v) is 6.15. The summed E-state index contributed by atoms with van der Waals surface area (Å²) in [4.78, 5) is 40.6. The molecule has 1 aliphatic heterocycles. The van der Waals surface area contributed by atoms with Crippen LogP contribution in [-0.4, -0.2) is 39.2 Å². The molecule has 1 aromatic carbocycles. The van der Waals surface area contributed by atoms with Crippen LogP contribution in [0.1, 0.15) is 71.3 Å². The molecule has 0 atom stereocenters. The summed E-state index contributed by atoms with van der Waals surface area (Å²) in [5.41, 5.74) is 2.00. The number of allylic oxidation sites excluding steroid dienone is 4. The number of benzene rings is 1. The Hall–Kier alpha value is -2.31. The van der Waals surface area contributed by atoms with Gasteiger partial charge in [0.25, 0.3) is 0 Å². The van der Waals surface area contributed by atoms with Crippen molar-refractivity contribution in [1.29, 1.82) is 0 Å². The van der Waals surface area contributed by atoms with E-state index in [2.05, 4.69) is 0 Å². The molecule has 2 aliphatic carbocycles. The lowest BCUT2D eigenvalue weighted by Gasteiger charge is -2.49. The Kier molecular flexibility index (Phi) is 6.14. The van der Waals surface area contributed by atoms with Gasteiger partial charge in [0.15, 0.2) is 11.6 Å². The van der Waals surface area contributed by atoms with Gasteiger partial charge in [-0.3, -0.25) is 14.4 Å². The molecule has 0 saturated heterocycles. The average molecular weight is 506 g/mol. The van der Waals surface area contributed by atoms with E-state index in [0.717, 1.165) is 11.4 Å². The number of hydrogen-bond acceptors (Lipinski definition) is 5. The van der Waals surface area contributed by atoms with Gasteiger partial charge in [-0.25, -0.2) is 0 Å². The van der Waals surface area contributed by atoms with Crippen molar-refractivity contribution in [1.82, 2.24) is 4.90 Å². The monoisotopic (exact) mass is 505 g/mol. The van der Waals surface area contributed by atoms with Crippen molar-refractivity contribution in [3.63, 3.8) is 0 Å². The number of carboxylic acids is 1. The molecule has 0 bridgehead atoms. The molecule has 0 spiro atoms. The average Bonchev–Trinajstić information content (AvgIpc) is 2.66. The van der Waals surface area contributed by atoms with Gasteiger partial charge >= 0.3 is 5.97 Å². The lowest BCUT2D eigenvalue weighted by Crippen LogP contribution is -2.45. The van der Waals surface area contributed by atoms with Crippen LogP contribution in [0.15, 0.2) is 34.7 Å². The molecule has 0 unspecified atom stereocenters. The van der Waals surface area contributed by atoms with E-state index in [1.54, 1.807) is 6.07 Å². The van der Waals surface area contributed by atoms with Crippen molar-refractivity contribution in [3.05, 3.63) is 50.3 Å². The molecule has 182 valence electrons. The van der Waals surface area contributed by atoms with Crippen molar-refractivity contribution in [2.24, 2.45) is 10.8 Å². The van der Waals surface area contributed by atoms with E-state index in [1.807, 2.05) is 32.6 Å². The molecule has 0 aromatic heterocycles. The van der Waals surface area contributed by atoms with Gasteiger partial charge in [-0.05, 0) is 35.8 Å². The van der Waals surface area contributed by atoms with Gasteiger partial charge in [0.1, 0.15) is 5.75 Å². The predicted molar refractivity (Wildman–Crippen MR) is 130 cm³/mol. The second-order valence-electron chi connectivity index (χ2n) is 11.2. The van der Waals surface area contributed by atoms with E-state index in [4.69, 9.17) is 23.2 Å². The van der Waals surface area contributed by atoms with Gasteiger partial charge < -0.3 is 15.1 Å². The first-order chi connectivity index (χ1) is 15.7. The molecular weight excluding hydrogens is 477 g/mol. The van der Waals surface area contributed by atoms with Crippen LogP contribution in [-0.2, 0) is 14.4 Å². The molecule has 0 saturated carbocycles. The third-order valence-corrected chi connectivity index (χ3v) is 7.45. The van der Waals surface area contributed by atoms with E-state index in [-0.39, 0.29) is 59.0 Å². The topological polar surface area (TPSA) is 94.9 Å². The highest BCUT2D eigenvalue weighted by atomic mass is 35.5. The summed E-state index contributed by atoms with van der Waals surface area (Å²) < 4.78 is 0. The molecule has 0 radical (unpaired) electrons. The second-order valence-corrected chi connectivity index (χ2v) is 12.0. The maximum Gasteiger partial charge on any atom is 0.305 e. The van der Waals surface area contributed by atoms with Crippen LogP contribution in [0, 0.1) is 10.8 Å². The Bertz CT molecular complexity index is 1120. The number of rotatable bonds is 4. The van der Waals surface area contributed by atoms with E-state index in [0.29, 0.717) is 34.6 Å². The van der Waals surface area contributed by atoms with E-state index < -0.39 is 11.9 Å². The number of aliphatic carboxylic acids is 1. The number of Topliss-reactive ketones (excluding diaryl/α,β-unsaturated/α-hetero) is 2. The molecule has 1 heterocycles. The zero-order chi connectivity index (χ0) is 25.2. The van der Waals surface area contributed by atoms with Gasteiger partial charge in [0, 0.05) is 58.4 Å². The second kappa shape index (κ2) is 8.42. The van der Waals surface area contributed by atoms with Crippen molar-refractivity contribution < 1.29 is 24.6 Å². The number of carboxylic acid groups (broad SMARTS) is 1. The summed E-state index contributed by atoms with van der Waals surface area (Å²) in [7, 11) is 0. The van der Waals surface area contributed by atoms with Crippen LogP contribution < -0.4 is 0 Å². The molecule has 1 aromatic rings. The van der Waals surface area contributed by atoms with Crippen LogP contribution in [0.3, 0.4) is 0 Å². The molecule has 34 heavy (non-hydrogen) atoms. The van der Waals surface area contributed by atoms with Crippen LogP contribution in [0.25, 0.3) is 0 Å². The van der Waals surface area contributed by atoms with Gasteiger partial charge in [0.05, 0.1) is 11.4 Å². The summed E-state index contributed by atoms with van der Waals surface area (Å²) in [6.07, 6.45) is 1.53. The number of carbonyl (C=O) groups is 3. The van der Waals surface area contributed by atoms with Crippen molar-refractivity contribution in [3.8, 4) is 5.75 Å². The molecule has 0 fully saturated rings. The van der Waals surface area contributed by atoms with Crippen LogP contribution in [0.5, 0.6) is 5.75 Å². The number of phenols is 1. The van der Waals surface area contributed by atoms with Gasteiger partial charge in [0.2, 0.25) is 0 Å². The van der Waals surface area contributed by atoms with E-state index in [9.17, 15) is 24.6 Å². The maximum atomic E-state index is 13.6. The summed E-state index contributed by atoms with van der Waals surface area (Å²) in [6, 6.07) is 2.99. The Morgan fingerprint density at radius 3 is 1.94 bits per heavy atom. The fourth-order valence-electron chi connectivity index (χ4n) is 5.64. The van der Waals surface area contributed by atoms with Crippen LogP contribution >= 0.6 is 23.2 Å². The standard InChI is InChI=1S/C26H29Cl2NO5/c1-25(2)9-16-22(18(30)11-25)21(14-7-13(27)8-15(28)24(14)34)23-17(29(16)6-5-20(32)33)10-26(3,4)12-19(23)31/h7-8,21,34H,5-6,9-12H2,1-4H3,(H,32,33). The largest absolute Gasteiger partial charge is 0.506 e. The number of nitrogens with zero attached hydrogens (tertiary/aromatic N) is 1. The fraction of sp³-hybridized carbons (Fsp3) is 0.500. The highest BCUT2D eigenvalue weighted by Crippen LogP contribution is 2.56. The number of hydrogen-bond donors (Lipinski definition) is 2. The first-order valence-electron chi connectivity index (χ1n) is 11.4. The Balaban J connectivity index is 2.04. The van der Waals surface area contributed by atoms with Gasteiger partial charge in [-0.15, -0.1) is 0 Å². The van der Waals surface area contributed by atoms with E-state index >= 15 is 0 Å². The Morgan fingerprint density at radius 2 is 1.47 bits per heavy atom. The molecule has 4 rings (SSSR count). The minimum Gasteiger partial charge on any atom is -0.506 e. The molecule has 2 N–H and O–H groups in total. The molecule has 3 aliphatic rings. The van der Waals surface area contributed by atoms with Gasteiger partial charge in [-0.1, -0.05) is 50.9 Å². The quantitative estimate of drug-likeness (QED) is 0.531. The molecule has 8 heteroatoms. The summed E-state index contributed by atoms with van der Waals surface area (Å²) >= 11 is 12.5. The highest BCUT2D eigenvalue weighted by molar-refractivity contribution is 6.35. The Morgan fingerprint density at radius 1 is 0.971 bits per heavy atom. The third kappa shape index (κ3) is 4.38. The zero-order valence-corrected chi connectivity index (χ0v) is 21.3. The minimum absolute atomic E-state index is 0.0484. The first-order valence-corrected chi connectivity index (χ1v) is 12.2. The van der Waals surface area contributed by atoms with E-state index in [1.165, 1.54) is 6.07 Å². The summed E-state index contributed by atoms with van der Waals surface area (Å²) in [5.74, 6) is -2.18. The molecular formula is C26H29Cl2NO5. The SMILES string of the molecule is CC1(C)CC(=O)C2=C(C1)N(CCC(=O)O)C1=C(C(=O)CC(C)(C)C1)C2c1cc(Cl)cc(Cl)c1O. The number of carbonyl (C=O) groups excluding carboxylic acids is 2. The molecule has 6 nitrogen and oxygen atoms in total. The predicted octanol–water partition coefficient (Wildman–Crippen LogP) is 5.86. The van der Waals surface area contributed by atoms with Crippen LogP contribution in [0.4, 0.5) is 0 Å². The van der Waals surface area contributed by atoms with Crippen LogP contribution in [0.2, 0.25) is 10.0 Å². The maximum absolute atomic E-state index is 13.6. The highest BCUT2D eigenvalue weighted by Gasteiger charge is 2.49. The van der Waals surface area contributed by atoms with Crippen molar-refractivity contribution in [2.75, 3.05) is 6.54 Å². The number of halogens is 2. The van der Waals surface area contributed by atoms with Crippen molar-refractivity contribution >= 4 is 40.7 Å². The summed E-state index contributed by atoms with van der Waals surface area (Å²) in [5, 5.41) is 20.7. The van der Waals surface area contributed by atoms with Crippen molar-refractivity contribution in [2.45, 2.75) is 65.7 Å². The summed E-state index contributed by atoms with van der Waals surface area (Å²) in [6.45, 7) is 8.19. The first kappa shape index (κ1) is 24.8. The normalized spacial score (nSPS) is 22.1. The lowest BCUT2D eigenvalue weighted by atomic mass is 9.63. The zero-order valence-electron chi connectivity index (χ0n) is 19.8. The third-order valence-electron chi connectivity index (χ3n) is 6.94. The smallest absolute Gasteiger partial charge is 0.305 e. The Labute approximate surface area is 209 Å². The minimum atomic E-state index is -0.950. The molecule has 0 amide bonds. The number of aromatic hydroxyl groups is 1. The number of phenolic OH excluding ortho intramolecular Hbond substituents is 1. The van der Waals surface area contributed by atoms with Gasteiger partial charge in [-0.2, -0.15) is 0 Å². The lowest BCUT2D eigenvalue weighted by molar-refractivity contribution is -0.137. The number of ketones is 2.